The Kier molecular flexibility index (Phi) is 6.72. The molecule has 0 fully saturated rings. The number of hydrogen-bond donors (Lipinski definition) is 2. The maximum Gasteiger partial charge on any atom is 0.257 e. The molecule has 182 valence electrons. The minimum Gasteiger partial charge on any atom is -0.493 e. The van der Waals surface area contributed by atoms with Gasteiger partial charge < -0.3 is 25.3 Å². The molecular weight excluding hydrogens is 448 g/mol. The van der Waals surface area contributed by atoms with E-state index in [0.717, 1.165) is 0 Å². The largest absolute Gasteiger partial charge is 0.493 e. The van der Waals surface area contributed by atoms with Crippen molar-refractivity contribution in [3.05, 3.63) is 47.5 Å². The van der Waals surface area contributed by atoms with Crippen LogP contribution in [0.3, 0.4) is 0 Å². The van der Waals surface area contributed by atoms with Gasteiger partial charge in [-0.3, -0.25) is 4.79 Å². The van der Waals surface area contributed by atoms with Crippen molar-refractivity contribution in [1.29, 1.82) is 0 Å². The second-order valence-electron chi connectivity index (χ2n) is 8.26. The third kappa shape index (κ3) is 4.54. The number of nitrogen functional groups attached to an aromatic ring is 1. The Morgan fingerprint density at radius 3 is 2.29 bits per heavy atom. The van der Waals surface area contributed by atoms with Gasteiger partial charge in [-0.2, -0.15) is 9.78 Å². The molecule has 10 heteroatoms. The van der Waals surface area contributed by atoms with E-state index < -0.39 is 0 Å². The van der Waals surface area contributed by atoms with Crippen molar-refractivity contribution in [3.63, 3.8) is 0 Å². The molecule has 4 aromatic rings. The van der Waals surface area contributed by atoms with Gasteiger partial charge in [0.1, 0.15) is 16.9 Å². The number of para-hydroxylation sites is 2. The van der Waals surface area contributed by atoms with Gasteiger partial charge in [0.15, 0.2) is 17.1 Å². The summed E-state index contributed by atoms with van der Waals surface area (Å²) >= 11 is 0. The fourth-order valence-corrected chi connectivity index (χ4v) is 3.67. The smallest absolute Gasteiger partial charge is 0.257 e. The van der Waals surface area contributed by atoms with E-state index in [0.29, 0.717) is 51.6 Å². The number of carbonyl (C=O) groups excluding carboxylic acids is 1. The molecule has 0 atom stereocenters. The molecule has 0 unspecified atom stereocenters. The van der Waals surface area contributed by atoms with Crippen molar-refractivity contribution in [2.24, 2.45) is 11.0 Å². The van der Waals surface area contributed by atoms with Crippen LogP contribution in [0.4, 0.5) is 5.82 Å². The summed E-state index contributed by atoms with van der Waals surface area (Å²) in [6, 6.07) is 10.9. The fourth-order valence-electron chi connectivity index (χ4n) is 3.67. The van der Waals surface area contributed by atoms with Crippen molar-refractivity contribution in [2.75, 3.05) is 33.6 Å². The van der Waals surface area contributed by atoms with Gasteiger partial charge in [-0.1, -0.05) is 26.0 Å². The average Bonchev–Trinajstić information content (AvgIpc) is 3.13. The van der Waals surface area contributed by atoms with Crippen molar-refractivity contribution < 1.29 is 19.0 Å². The average molecular weight is 477 g/mol. The van der Waals surface area contributed by atoms with E-state index in [2.05, 4.69) is 15.4 Å². The number of benzene rings is 2. The topological polar surface area (TPSA) is 126 Å². The van der Waals surface area contributed by atoms with Crippen LogP contribution in [0.5, 0.6) is 17.2 Å². The van der Waals surface area contributed by atoms with E-state index in [-0.39, 0.29) is 23.2 Å². The summed E-state index contributed by atoms with van der Waals surface area (Å²) in [4.78, 5) is 22.5. The lowest BCUT2D eigenvalue weighted by molar-refractivity contribution is 0.0951. The molecule has 35 heavy (non-hydrogen) atoms. The van der Waals surface area contributed by atoms with Crippen molar-refractivity contribution >= 4 is 40.1 Å². The molecule has 0 aliphatic heterocycles. The van der Waals surface area contributed by atoms with Crippen LogP contribution < -0.4 is 25.3 Å². The Labute approximate surface area is 202 Å². The number of nitrogens with zero attached hydrogens (tertiary/aromatic N) is 4. The first-order chi connectivity index (χ1) is 16.9. The summed E-state index contributed by atoms with van der Waals surface area (Å²) in [5.41, 5.74) is 9.42. The monoisotopic (exact) mass is 476 g/mol. The van der Waals surface area contributed by atoms with Gasteiger partial charge in [0.05, 0.1) is 38.6 Å². The Bertz CT molecular complexity index is 1400. The number of carbonyl (C=O) groups is 1. The molecule has 4 rings (SSSR count). The van der Waals surface area contributed by atoms with Gasteiger partial charge in [-0.15, -0.1) is 0 Å². The minimum absolute atomic E-state index is 0.139. The molecule has 1 amide bonds. The predicted molar refractivity (Wildman–Crippen MR) is 136 cm³/mol. The molecule has 0 saturated heterocycles. The van der Waals surface area contributed by atoms with Crippen molar-refractivity contribution in [3.8, 4) is 17.2 Å². The molecule has 2 aromatic heterocycles. The summed E-state index contributed by atoms with van der Waals surface area (Å²) in [7, 11) is 4.62. The Morgan fingerprint density at radius 1 is 1.09 bits per heavy atom. The molecule has 2 aromatic carbocycles. The van der Waals surface area contributed by atoms with Gasteiger partial charge in [0.25, 0.3) is 5.91 Å². The summed E-state index contributed by atoms with van der Waals surface area (Å²) in [6.45, 7) is 4.53. The molecule has 3 N–H and O–H groups in total. The maximum atomic E-state index is 13.1. The van der Waals surface area contributed by atoms with Gasteiger partial charge in [-0.05, 0) is 30.2 Å². The number of amides is 1. The second-order valence-corrected chi connectivity index (χ2v) is 8.26. The SMILES string of the molecule is COc1cc(/C=N\n2c(N)c(C(=O)NCC(C)C)c3nc4ccccc4nc32)cc(OC)c1OC. The van der Waals surface area contributed by atoms with Gasteiger partial charge in [-0.25, -0.2) is 9.97 Å². The van der Waals surface area contributed by atoms with Crippen LogP contribution >= 0.6 is 0 Å². The highest BCUT2D eigenvalue weighted by Gasteiger charge is 2.24. The van der Waals surface area contributed by atoms with Crippen LogP contribution in [0.25, 0.3) is 22.2 Å². The lowest BCUT2D eigenvalue weighted by Gasteiger charge is -2.12. The fraction of sp³-hybridized carbons (Fsp3) is 0.280. The standard InChI is InChI=1S/C25H28N6O4/c1-14(2)12-27-25(32)20-21-24(30-17-9-7-6-8-16(17)29-21)31(23(20)26)28-13-15-10-18(33-3)22(35-5)19(11-15)34-4/h6-11,13-14H,12,26H2,1-5H3,(H,27,32)/b28-13-. The van der Waals surface area contributed by atoms with E-state index in [9.17, 15) is 4.79 Å². The van der Waals surface area contributed by atoms with Crippen LogP contribution in [-0.2, 0) is 0 Å². The van der Waals surface area contributed by atoms with Crippen molar-refractivity contribution in [2.45, 2.75) is 13.8 Å². The van der Waals surface area contributed by atoms with Gasteiger partial charge in [0.2, 0.25) is 5.75 Å². The van der Waals surface area contributed by atoms with E-state index in [1.54, 1.807) is 32.6 Å². The number of aromatic nitrogens is 3. The summed E-state index contributed by atoms with van der Waals surface area (Å²) in [5.74, 6) is 1.53. The molecule has 0 aliphatic carbocycles. The number of ether oxygens (including phenoxy) is 3. The highest BCUT2D eigenvalue weighted by atomic mass is 16.5. The van der Waals surface area contributed by atoms with Crippen LogP contribution in [-0.4, -0.2) is 54.6 Å². The first-order valence-electron chi connectivity index (χ1n) is 11.1. The molecule has 0 aliphatic rings. The zero-order valence-corrected chi connectivity index (χ0v) is 20.3. The Balaban J connectivity index is 1.87. The number of rotatable bonds is 8. The number of anilines is 1. The number of hydrogen-bond acceptors (Lipinski definition) is 8. The first kappa shape index (κ1) is 23.8. The molecular formula is C25H28N6O4. The summed E-state index contributed by atoms with van der Waals surface area (Å²) < 4.78 is 17.6. The highest BCUT2D eigenvalue weighted by Crippen LogP contribution is 2.38. The Morgan fingerprint density at radius 2 is 1.71 bits per heavy atom. The van der Waals surface area contributed by atoms with Crippen LogP contribution in [0.2, 0.25) is 0 Å². The lowest BCUT2D eigenvalue weighted by atomic mass is 10.2. The summed E-state index contributed by atoms with van der Waals surface area (Å²) in [6.07, 6.45) is 1.58. The van der Waals surface area contributed by atoms with E-state index in [1.165, 1.54) is 11.8 Å². The Hall–Kier alpha value is -4.34. The maximum absolute atomic E-state index is 13.1. The molecule has 0 spiro atoms. The zero-order chi connectivity index (χ0) is 25.1. The van der Waals surface area contributed by atoms with Crippen LogP contribution in [0.1, 0.15) is 29.8 Å². The van der Waals surface area contributed by atoms with Crippen LogP contribution in [0.15, 0.2) is 41.5 Å². The number of nitrogens with one attached hydrogen (secondary N) is 1. The van der Waals surface area contributed by atoms with E-state index in [4.69, 9.17) is 24.9 Å². The number of nitrogens with two attached hydrogens (primary N) is 1. The molecule has 2 heterocycles. The zero-order valence-electron chi connectivity index (χ0n) is 20.3. The predicted octanol–water partition coefficient (Wildman–Crippen LogP) is 3.46. The lowest BCUT2D eigenvalue weighted by Crippen LogP contribution is -2.28. The molecule has 0 bridgehead atoms. The minimum atomic E-state index is -0.326. The molecule has 0 saturated carbocycles. The van der Waals surface area contributed by atoms with Crippen molar-refractivity contribution in [1.82, 2.24) is 20.0 Å². The first-order valence-corrected chi connectivity index (χ1v) is 11.1. The number of methoxy groups -OCH3 is 3. The quantitative estimate of drug-likeness (QED) is 0.373. The second kappa shape index (κ2) is 9.88. The van der Waals surface area contributed by atoms with Crippen LogP contribution in [0, 0.1) is 5.92 Å². The molecule has 0 radical (unpaired) electrons. The van der Waals surface area contributed by atoms with E-state index >= 15 is 0 Å². The van der Waals surface area contributed by atoms with Gasteiger partial charge in [0, 0.05) is 12.1 Å². The molecule has 10 nitrogen and oxygen atoms in total. The van der Waals surface area contributed by atoms with E-state index in [1.807, 2.05) is 38.1 Å². The number of fused-ring (bicyclic) bond motifs is 2. The third-order valence-corrected chi connectivity index (χ3v) is 5.38. The normalized spacial score (nSPS) is 11.5. The van der Waals surface area contributed by atoms with Gasteiger partial charge >= 0.3 is 0 Å². The highest BCUT2D eigenvalue weighted by molar-refractivity contribution is 6.10. The third-order valence-electron chi connectivity index (χ3n) is 5.38. The summed E-state index contributed by atoms with van der Waals surface area (Å²) in [5, 5.41) is 7.46.